The number of methoxy groups -OCH3 is 1. The molecule has 18 heavy (non-hydrogen) atoms. The number of sulfone groups is 1. The molecular weight excluding hydrogens is 280 g/mol. The lowest BCUT2D eigenvalue weighted by atomic mass is 10.2. The van der Waals surface area contributed by atoms with Crippen molar-refractivity contribution in [3.8, 4) is 5.75 Å². The van der Waals surface area contributed by atoms with Crippen LogP contribution >= 0.6 is 11.6 Å². The van der Waals surface area contributed by atoms with Crippen LogP contribution < -0.4 is 4.74 Å². The topological polar surface area (TPSA) is 80.7 Å². The molecule has 0 fully saturated rings. The lowest BCUT2D eigenvalue weighted by Crippen LogP contribution is -2.08. The van der Waals surface area contributed by atoms with Gasteiger partial charge in [-0.05, 0) is 18.2 Å². The molecule has 1 rings (SSSR count). The van der Waals surface area contributed by atoms with Crippen molar-refractivity contribution >= 4 is 27.4 Å². The molecule has 1 aromatic rings. The third-order valence-corrected chi connectivity index (χ3v) is 3.95. The molecule has 1 N–H and O–H groups in total. The molecule has 0 saturated carbocycles. The molecule has 0 aliphatic heterocycles. The van der Waals surface area contributed by atoms with E-state index in [4.69, 9.17) is 21.4 Å². The fourth-order valence-electron chi connectivity index (χ4n) is 1.31. The quantitative estimate of drug-likeness (QED) is 0.896. The lowest BCUT2D eigenvalue weighted by Gasteiger charge is -2.09. The molecular formula is C11H11ClO5S. The van der Waals surface area contributed by atoms with Crippen molar-refractivity contribution in [2.24, 2.45) is 0 Å². The average Bonchev–Trinajstić information content (AvgIpc) is 2.35. The molecule has 1 aromatic carbocycles. The number of aromatic carboxylic acids is 1. The Balaban J connectivity index is 3.36. The van der Waals surface area contributed by atoms with Crippen LogP contribution in [0.1, 0.15) is 10.4 Å². The van der Waals surface area contributed by atoms with Gasteiger partial charge in [-0.15, -0.1) is 0 Å². The zero-order chi connectivity index (χ0) is 13.8. The van der Waals surface area contributed by atoms with E-state index >= 15 is 0 Å². The summed E-state index contributed by atoms with van der Waals surface area (Å²) >= 11 is 5.28. The first-order chi connectivity index (χ1) is 8.42. The van der Waals surface area contributed by atoms with Gasteiger partial charge in [-0.25, -0.2) is 13.2 Å². The second-order valence-corrected chi connectivity index (χ2v) is 5.57. The smallest absolute Gasteiger partial charge is 0.335 e. The molecule has 0 aliphatic carbocycles. The summed E-state index contributed by atoms with van der Waals surface area (Å²) in [5.74, 6) is -1.43. The van der Waals surface area contributed by atoms with Gasteiger partial charge in [0.15, 0.2) is 9.84 Å². The highest BCUT2D eigenvalue weighted by molar-refractivity contribution is 7.91. The molecule has 0 saturated heterocycles. The Morgan fingerprint density at radius 1 is 1.50 bits per heavy atom. The minimum atomic E-state index is -3.68. The third-order valence-electron chi connectivity index (χ3n) is 2.15. The molecule has 0 bridgehead atoms. The van der Waals surface area contributed by atoms with Gasteiger partial charge in [0.25, 0.3) is 0 Å². The predicted octanol–water partition coefficient (Wildman–Crippen LogP) is 1.92. The van der Waals surface area contributed by atoms with Gasteiger partial charge >= 0.3 is 5.97 Å². The van der Waals surface area contributed by atoms with Gasteiger partial charge in [0.2, 0.25) is 0 Å². The molecule has 0 amide bonds. The molecule has 0 atom stereocenters. The molecule has 98 valence electrons. The summed E-state index contributed by atoms with van der Waals surface area (Å²) in [7, 11) is -2.37. The van der Waals surface area contributed by atoms with Crippen LogP contribution in [-0.2, 0) is 9.84 Å². The van der Waals surface area contributed by atoms with Crippen LogP contribution in [0.2, 0.25) is 0 Å². The summed E-state index contributed by atoms with van der Waals surface area (Å²) in [6.07, 6.45) is 1.25. The highest BCUT2D eigenvalue weighted by atomic mass is 35.5. The van der Waals surface area contributed by atoms with E-state index in [1.54, 1.807) is 0 Å². The summed E-state index contributed by atoms with van der Waals surface area (Å²) < 4.78 is 28.8. The first-order valence-corrected chi connectivity index (χ1v) is 6.90. The highest BCUT2D eigenvalue weighted by Gasteiger charge is 2.20. The Morgan fingerprint density at radius 2 is 2.17 bits per heavy atom. The molecule has 7 heteroatoms. The Morgan fingerprint density at radius 3 is 2.67 bits per heavy atom. The number of ether oxygens (including phenoxy) is 1. The van der Waals surface area contributed by atoms with E-state index in [9.17, 15) is 13.2 Å². The van der Waals surface area contributed by atoms with E-state index in [1.807, 2.05) is 0 Å². The Kier molecular flexibility index (Phi) is 4.75. The number of carbonyl (C=O) groups is 1. The lowest BCUT2D eigenvalue weighted by molar-refractivity contribution is 0.0696. The Hall–Kier alpha value is -1.53. The molecule has 5 nitrogen and oxygen atoms in total. The number of hydrogen-bond acceptors (Lipinski definition) is 4. The highest BCUT2D eigenvalue weighted by Crippen LogP contribution is 2.26. The second kappa shape index (κ2) is 5.88. The van der Waals surface area contributed by atoms with Crippen molar-refractivity contribution in [3.05, 3.63) is 35.4 Å². The Bertz CT molecular complexity index is 577. The average molecular weight is 291 g/mol. The maximum Gasteiger partial charge on any atom is 0.335 e. The van der Waals surface area contributed by atoms with Crippen LogP contribution in [0.25, 0.3) is 0 Å². The van der Waals surface area contributed by atoms with E-state index in [2.05, 4.69) is 0 Å². The van der Waals surface area contributed by atoms with Crippen molar-refractivity contribution in [2.75, 3.05) is 12.9 Å². The van der Waals surface area contributed by atoms with Gasteiger partial charge in [-0.2, -0.15) is 0 Å². The molecule has 0 aliphatic rings. The summed E-state index contributed by atoms with van der Waals surface area (Å²) in [6.45, 7) is 0. The van der Waals surface area contributed by atoms with E-state index in [-0.39, 0.29) is 22.0 Å². The van der Waals surface area contributed by atoms with Gasteiger partial charge < -0.3 is 9.84 Å². The van der Waals surface area contributed by atoms with Gasteiger partial charge in [-0.3, -0.25) is 0 Å². The normalized spacial score (nSPS) is 11.7. The van der Waals surface area contributed by atoms with Crippen molar-refractivity contribution < 1.29 is 23.1 Å². The molecule has 0 spiro atoms. The third kappa shape index (κ3) is 3.24. The fourth-order valence-corrected chi connectivity index (χ4v) is 2.79. The van der Waals surface area contributed by atoms with Crippen LogP contribution in [-0.4, -0.2) is 32.4 Å². The zero-order valence-corrected chi connectivity index (χ0v) is 11.0. The number of hydrogen-bond donors (Lipinski definition) is 1. The number of benzene rings is 1. The first-order valence-electron chi connectivity index (χ1n) is 4.81. The minimum Gasteiger partial charge on any atom is -0.495 e. The Labute approximate surface area is 110 Å². The van der Waals surface area contributed by atoms with Crippen LogP contribution in [0.5, 0.6) is 5.75 Å². The van der Waals surface area contributed by atoms with Crippen molar-refractivity contribution in [3.63, 3.8) is 0 Å². The fraction of sp³-hybridized carbons (Fsp3) is 0.182. The van der Waals surface area contributed by atoms with Gasteiger partial charge in [0.1, 0.15) is 10.6 Å². The number of rotatable bonds is 5. The summed E-state index contributed by atoms with van der Waals surface area (Å²) in [5.41, 5.74) is 0.967. The van der Waals surface area contributed by atoms with Crippen LogP contribution in [0.15, 0.2) is 34.7 Å². The van der Waals surface area contributed by atoms with Gasteiger partial charge in [0, 0.05) is 5.54 Å². The van der Waals surface area contributed by atoms with Crippen LogP contribution in [0.4, 0.5) is 0 Å². The number of carboxylic acids is 1. The monoisotopic (exact) mass is 290 g/mol. The largest absolute Gasteiger partial charge is 0.495 e. The van der Waals surface area contributed by atoms with Gasteiger partial charge in [0.05, 0.1) is 18.4 Å². The molecule has 0 heterocycles. The number of carboxylic acid groups (broad SMARTS) is 1. The second-order valence-electron chi connectivity index (χ2n) is 3.31. The van der Waals surface area contributed by atoms with Crippen molar-refractivity contribution in [1.29, 1.82) is 0 Å². The van der Waals surface area contributed by atoms with Crippen molar-refractivity contribution in [2.45, 2.75) is 4.90 Å². The standard InChI is InChI=1S/C11H11ClO5S/c1-17-9-4-3-8(11(13)14)7-10(9)18(15,16)6-2-5-12/h2-5,7H,6H2,1H3,(H,13,14)/b5-2+. The summed E-state index contributed by atoms with van der Waals surface area (Å²) in [6, 6.07) is 3.65. The van der Waals surface area contributed by atoms with E-state index < -0.39 is 15.8 Å². The van der Waals surface area contributed by atoms with Crippen LogP contribution in [0.3, 0.4) is 0 Å². The van der Waals surface area contributed by atoms with Gasteiger partial charge in [-0.1, -0.05) is 17.7 Å². The van der Waals surface area contributed by atoms with Crippen LogP contribution in [0, 0.1) is 0 Å². The van der Waals surface area contributed by atoms with E-state index in [1.165, 1.54) is 25.3 Å². The summed E-state index contributed by atoms with van der Waals surface area (Å²) in [5, 5.41) is 8.84. The maximum atomic E-state index is 12.0. The molecule has 0 unspecified atom stereocenters. The molecule has 0 aromatic heterocycles. The maximum absolute atomic E-state index is 12.0. The minimum absolute atomic E-state index is 0.1000. The summed E-state index contributed by atoms with van der Waals surface area (Å²) in [4.78, 5) is 10.7. The SMILES string of the molecule is COc1ccc(C(=O)O)cc1S(=O)(=O)C/C=C/Cl. The predicted molar refractivity (Wildman–Crippen MR) is 67.0 cm³/mol. The van der Waals surface area contributed by atoms with Crippen molar-refractivity contribution in [1.82, 2.24) is 0 Å². The van der Waals surface area contributed by atoms with E-state index in [0.717, 1.165) is 11.6 Å². The zero-order valence-electron chi connectivity index (χ0n) is 9.46. The molecule has 0 radical (unpaired) electrons. The first kappa shape index (κ1) is 14.5. The number of halogens is 1. The van der Waals surface area contributed by atoms with E-state index in [0.29, 0.717) is 0 Å².